The van der Waals surface area contributed by atoms with Gasteiger partial charge in [-0.1, -0.05) is 23.8 Å². The predicted octanol–water partition coefficient (Wildman–Crippen LogP) is 1.68. The Hall–Kier alpha value is -1.88. The summed E-state index contributed by atoms with van der Waals surface area (Å²) in [6.45, 7) is 7.68. The first-order valence-corrected chi connectivity index (χ1v) is 7.25. The minimum absolute atomic E-state index is 0.141. The number of benzene rings is 1. The Kier molecular flexibility index (Phi) is 4.63. The first-order valence-electron chi connectivity index (χ1n) is 7.25. The third kappa shape index (κ3) is 3.42. The Balaban J connectivity index is 2.03. The SMILES string of the molecule is Cc1ccc(CN(C)C(C)C(=O)N2CCNC2=O)c(C)c1. The normalized spacial score (nSPS) is 16.2. The summed E-state index contributed by atoms with van der Waals surface area (Å²) in [5.74, 6) is -0.141. The van der Waals surface area contributed by atoms with Crippen LogP contribution in [0.15, 0.2) is 18.2 Å². The van der Waals surface area contributed by atoms with Crippen molar-refractivity contribution in [2.45, 2.75) is 33.4 Å². The fourth-order valence-electron chi connectivity index (χ4n) is 2.52. The van der Waals surface area contributed by atoms with Crippen LogP contribution >= 0.6 is 0 Å². The quantitative estimate of drug-likeness (QED) is 0.917. The fourth-order valence-corrected chi connectivity index (χ4v) is 2.52. The lowest BCUT2D eigenvalue weighted by Gasteiger charge is -2.27. The van der Waals surface area contributed by atoms with Gasteiger partial charge in [0.05, 0.1) is 6.04 Å². The summed E-state index contributed by atoms with van der Waals surface area (Å²) in [5.41, 5.74) is 3.66. The van der Waals surface area contributed by atoms with Gasteiger partial charge in [-0.2, -0.15) is 0 Å². The molecule has 0 saturated carbocycles. The summed E-state index contributed by atoms with van der Waals surface area (Å²) in [4.78, 5) is 27.2. The lowest BCUT2D eigenvalue weighted by molar-refractivity contribution is -0.132. The Labute approximate surface area is 125 Å². The first-order chi connectivity index (χ1) is 9.90. The lowest BCUT2D eigenvalue weighted by atomic mass is 10.0. The molecule has 1 aliphatic rings. The summed E-state index contributed by atoms with van der Waals surface area (Å²) in [6.07, 6.45) is 0. The number of amides is 3. The zero-order valence-corrected chi connectivity index (χ0v) is 13.1. The van der Waals surface area contributed by atoms with E-state index in [0.29, 0.717) is 19.6 Å². The molecule has 1 fully saturated rings. The molecule has 0 spiro atoms. The van der Waals surface area contributed by atoms with Gasteiger partial charge < -0.3 is 5.32 Å². The summed E-state index contributed by atoms with van der Waals surface area (Å²) in [6, 6.07) is 5.71. The lowest BCUT2D eigenvalue weighted by Crippen LogP contribution is -2.46. The van der Waals surface area contributed by atoms with Crippen molar-refractivity contribution >= 4 is 11.9 Å². The molecule has 1 heterocycles. The van der Waals surface area contributed by atoms with Gasteiger partial charge >= 0.3 is 6.03 Å². The number of hydrogen-bond donors (Lipinski definition) is 1. The van der Waals surface area contributed by atoms with Gasteiger partial charge in [0.1, 0.15) is 0 Å². The zero-order chi connectivity index (χ0) is 15.6. The van der Waals surface area contributed by atoms with E-state index in [1.165, 1.54) is 21.6 Å². The van der Waals surface area contributed by atoms with Crippen LogP contribution < -0.4 is 5.32 Å². The van der Waals surface area contributed by atoms with Crippen LogP contribution in [0.25, 0.3) is 0 Å². The van der Waals surface area contributed by atoms with Crippen molar-refractivity contribution in [3.8, 4) is 0 Å². The van der Waals surface area contributed by atoms with Crippen molar-refractivity contribution in [2.24, 2.45) is 0 Å². The minimum Gasteiger partial charge on any atom is -0.336 e. The van der Waals surface area contributed by atoms with Gasteiger partial charge in [-0.3, -0.25) is 14.6 Å². The van der Waals surface area contributed by atoms with E-state index in [2.05, 4.69) is 37.4 Å². The summed E-state index contributed by atoms with van der Waals surface area (Å²) >= 11 is 0. The maximum absolute atomic E-state index is 12.3. The van der Waals surface area contributed by atoms with E-state index in [-0.39, 0.29) is 18.0 Å². The van der Waals surface area contributed by atoms with Crippen LogP contribution in [0.4, 0.5) is 4.79 Å². The van der Waals surface area contributed by atoms with Crippen molar-refractivity contribution in [2.75, 3.05) is 20.1 Å². The number of carbonyl (C=O) groups is 2. The second-order valence-corrected chi connectivity index (χ2v) is 5.74. The molecule has 1 atom stereocenters. The summed E-state index contributed by atoms with van der Waals surface area (Å²) in [5, 5.41) is 2.66. The molecule has 2 rings (SSSR count). The van der Waals surface area contributed by atoms with Crippen LogP contribution in [0.2, 0.25) is 0 Å². The number of imide groups is 1. The monoisotopic (exact) mass is 289 g/mol. The Morgan fingerprint density at radius 1 is 1.43 bits per heavy atom. The largest absolute Gasteiger partial charge is 0.336 e. The zero-order valence-electron chi connectivity index (χ0n) is 13.1. The summed E-state index contributed by atoms with van der Waals surface area (Å²) in [7, 11) is 1.91. The maximum Gasteiger partial charge on any atom is 0.324 e. The van der Waals surface area contributed by atoms with Crippen LogP contribution in [0.5, 0.6) is 0 Å². The number of nitrogens with one attached hydrogen (secondary N) is 1. The van der Waals surface area contributed by atoms with Crippen LogP contribution in [0.3, 0.4) is 0 Å². The molecule has 1 aliphatic heterocycles. The molecule has 1 unspecified atom stereocenters. The third-order valence-electron chi connectivity index (χ3n) is 4.06. The molecule has 0 radical (unpaired) electrons. The highest BCUT2D eigenvalue weighted by Gasteiger charge is 2.31. The molecule has 114 valence electrons. The second-order valence-electron chi connectivity index (χ2n) is 5.74. The number of likely N-dealkylation sites (N-methyl/N-ethyl adjacent to an activating group) is 1. The van der Waals surface area contributed by atoms with E-state index in [4.69, 9.17) is 0 Å². The van der Waals surface area contributed by atoms with Crippen molar-refractivity contribution in [3.63, 3.8) is 0 Å². The molecule has 1 aromatic carbocycles. The fraction of sp³-hybridized carbons (Fsp3) is 0.500. The van der Waals surface area contributed by atoms with Gasteiger partial charge in [-0.15, -0.1) is 0 Å². The van der Waals surface area contributed by atoms with E-state index in [9.17, 15) is 9.59 Å². The topological polar surface area (TPSA) is 52.7 Å². The van der Waals surface area contributed by atoms with Gasteiger partial charge in [0.2, 0.25) is 5.91 Å². The van der Waals surface area contributed by atoms with Crippen LogP contribution in [0, 0.1) is 13.8 Å². The summed E-state index contributed by atoms with van der Waals surface area (Å²) < 4.78 is 0. The van der Waals surface area contributed by atoms with Gasteiger partial charge in [0, 0.05) is 19.6 Å². The Bertz CT molecular complexity index is 556. The van der Waals surface area contributed by atoms with Gasteiger partial charge in [0.15, 0.2) is 0 Å². The van der Waals surface area contributed by atoms with Gasteiger partial charge in [-0.25, -0.2) is 4.79 Å². The second kappa shape index (κ2) is 6.26. The molecule has 5 heteroatoms. The molecule has 1 N–H and O–H groups in total. The molecular weight excluding hydrogens is 266 g/mol. The minimum atomic E-state index is -0.324. The van der Waals surface area contributed by atoms with E-state index in [1.54, 1.807) is 0 Å². The molecule has 1 aromatic rings. The Morgan fingerprint density at radius 3 is 2.71 bits per heavy atom. The van der Waals surface area contributed by atoms with Crippen molar-refractivity contribution in [1.29, 1.82) is 0 Å². The van der Waals surface area contributed by atoms with Crippen LogP contribution in [-0.4, -0.2) is 47.9 Å². The highest BCUT2D eigenvalue weighted by Crippen LogP contribution is 2.15. The van der Waals surface area contributed by atoms with E-state index in [1.807, 2.05) is 18.9 Å². The molecule has 1 saturated heterocycles. The molecule has 0 aromatic heterocycles. The molecule has 0 aliphatic carbocycles. The van der Waals surface area contributed by atoms with Crippen molar-refractivity contribution in [3.05, 3.63) is 34.9 Å². The number of aryl methyl sites for hydroxylation is 2. The number of rotatable bonds is 4. The van der Waals surface area contributed by atoms with Gasteiger partial charge in [-0.05, 0) is 38.9 Å². The number of hydrogen-bond acceptors (Lipinski definition) is 3. The highest BCUT2D eigenvalue weighted by atomic mass is 16.2. The molecule has 21 heavy (non-hydrogen) atoms. The maximum atomic E-state index is 12.3. The van der Waals surface area contributed by atoms with E-state index in [0.717, 1.165) is 0 Å². The molecular formula is C16H23N3O2. The standard InChI is InChI=1S/C16H23N3O2/c1-11-5-6-14(12(2)9-11)10-18(4)13(3)15(20)19-8-7-17-16(19)21/h5-6,9,13H,7-8,10H2,1-4H3,(H,17,21). The van der Waals surface area contributed by atoms with Crippen molar-refractivity contribution < 1.29 is 9.59 Å². The van der Waals surface area contributed by atoms with E-state index < -0.39 is 0 Å². The van der Waals surface area contributed by atoms with Crippen LogP contribution in [-0.2, 0) is 11.3 Å². The average molecular weight is 289 g/mol. The smallest absolute Gasteiger partial charge is 0.324 e. The third-order valence-corrected chi connectivity index (χ3v) is 4.06. The van der Waals surface area contributed by atoms with Crippen molar-refractivity contribution in [1.82, 2.24) is 15.1 Å². The molecule has 5 nitrogen and oxygen atoms in total. The highest BCUT2D eigenvalue weighted by molar-refractivity contribution is 5.98. The average Bonchev–Trinajstić information content (AvgIpc) is 2.86. The predicted molar refractivity (Wildman–Crippen MR) is 82.0 cm³/mol. The van der Waals surface area contributed by atoms with E-state index >= 15 is 0 Å². The number of nitrogens with zero attached hydrogens (tertiary/aromatic N) is 2. The molecule has 0 bridgehead atoms. The van der Waals surface area contributed by atoms with Crippen LogP contribution in [0.1, 0.15) is 23.6 Å². The van der Waals surface area contributed by atoms with Gasteiger partial charge in [0.25, 0.3) is 0 Å². The number of urea groups is 1. The Morgan fingerprint density at radius 2 is 2.14 bits per heavy atom. The number of carbonyl (C=O) groups excluding carboxylic acids is 2. The first kappa shape index (κ1) is 15.5. The molecule has 3 amide bonds.